The zero-order valence-electron chi connectivity index (χ0n) is 15.9. The van der Waals surface area contributed by atoms with Crippen LogP contribution in [0.1, 0.15) is 22.6 Å². The number of carbonyl (C=O) groups is 1. The first-order chi connectivity index (χ1) is 14.9. The molecule has 1 aromatic heterocycles. The molecule has 0 saturated heterocycles. The molecule has 1 N–H and O–H groups in total. The average molecular weight is 430 g/mol. The molecule has 1 amide bonds. The summed E-state index contributed by atoms with van der Waals surface area (Å²) < 4.78 is 60.6. The maximum absolute atomic E-state index is 13.8. The van der Waals surface area contributed by atoms with E-state index in [1.807, 2.05) is 12.1 Å². The highest BCUT2D eigenvalue weighted by molar-refractivity contribution is 5.95. The molecule has 1 spiro atoms. The van der Waals surface area contributed by atoms with E-state index in [1.54, 1.807) is 24.3 Å². The van der Waals surface area contributed by atoms with E-state index >= 15 is 0 Å². The largest absolute Gasteiger partial charge is 0.491 e. The van der Waals surface area contributed by atoms with E-state index < -0.39 is 17.4 Å². The third-order valence-electron chi connectivity index (χ3n) is 6.04. The molecular weight excluding hydrogens is 415 g/mol. The molecule has 0 fully saturated rings. The van der Waals surface area contributed by atoms with Crippen molar-refractivity contribution in [3.05, 3.63) is 71.2 Å². The highest BCUT2D eigenvalue weighted by Gasteiger charge is 2.61. The van der Waals surface area contributed by atoms with Crippen LogP contribution in [0.25, 0.3) is 0 Å². The van der Waals surface area contributed by atoms with Crippen molar-refractivity contribution in [2.75, 3.05) is 13.4 Å². The first-order valence-electron chi connectivity index (χ1n) is 9.61. The number of fused-ring (bicyclic) bond motifs is 5. The highest BCUT2D eigenvalue weighted by Crippen LogP contribution is 2.51. The van der Waals surface area contributed by atoms with Crippen molar-refractivity contribution in [3.8, 4) is 17.2 Å². The zero-order chi connectivity index (χ0) is 21.4. The second-order valence-electron chi connectivity index (χ2n) is 7.69. The number of quaternary nitrogens is 1. The molecule has 0 bridgehead atoms. The summed E-state index contributed by atoms with van der Waals surface area (Å²) in [4.78, 5) is 14.2. The van der Waals surface area contributed by atoms with Crippen LogP contribution in [-0.4, -0.2) is 19.3 Å². The van der Waals surface area contributed by atoms with Crippen molar-refractivity contribution in [3.63, 3.8) is 0 Å². The van der Waals surface area contributed by atoms with E-state index in [2.05, 4.69) is 0 Å². The Morgan fingerprint density at radius 3 is 2.48 bits per heavy atom. The Labute approximate surface area is 173 Å². The lowest BCUT2D eigenvalue weighted by atomic mass is 9.77. The van der Waals surface area contributed by atoms with E-state index in [1.165, 1.54) is 6.07 Å². The Kier molecular flexibility index (Phi) is 3.57. The van der Waals surface area contributed by atoms with Crippen LogP contribution >= 0.6 is 0 Å². The fourth-order valence-corrected chi connectivity index (χ4v) is 4.65. The van der Waals surface area contributed by atoms with Crippen molar-refractivity contribution in [2.45, 2.75) is 18.1 Å². The van der Waals surface area contributed by atoms with E-state index in [0.29, 0.717) is 33.4 Å². The molecule has 31 heavy (non-hydrogen) atoms. The molecule has 4 heterocycles. The van der Waals surface area contributed by atoms with Crippen LogP contribution in [0.5, 0.6) is 17.2 Å². The molecule has 2 unspecified atom stereocenters. The van der Waals surface area contributed by atoms with Crippen LogP contribution in [0.15, 0.2) is 52.9 Å². The van der Waals surface area contributed by atoms with Gasteiger partial charge in [0, 0.05) is 17.2 Å². The lowest BCUT2D eigenvalue weighted by Gasteiger charge is -2.18. The molecule has 2 aromatic carbocycles. The third-order valence-corrected chi connectivity index (χ3v) is 6.04. The van der Waals surface area contributed by atoms with Crippen LogP contribution in [0.4, 0.5) is 18.9 Å². The molecule has 6 rings (SSSR count). The van der Waals surface area contributed by atoms with E-state index in [-0.39, 0.29) is 31.6 Å². The number of benzene rings is 2. The standard InChI is InChI=1S/C22H14F3NO5/c23-22(24,25)19-6-5-12(31-19)9-26-15-4-2-1-3-13(15)21(20(26)27)10-28-16-8-18-17(7-14(16)21)29-11-30-18/h1-8H,9-11H2/p+1. The van der Waals surface area contributed by atoms with Gasteiger partial charge in [0.05, 0.1) is 0 Å². The topological polar surface area (TPSA) is 62.3 Å². The minimum Gasteiger partial charge on any atom is -0.491 e. The molecule has 6 nitrogen and oxygen atoms in total. The molecule has 2 atom stereocenters. The highest BCUT2D eigenvalue weighted by atomic mass is 19.4. The molecular formula is C22H15F3NO5+. The van der Waals surface area contributed by atoms with Gasteiger partial charge in [-0.15, -0.1) is 0 Å². The maximum atomic E-state index is 13.8. The SMILES string of the molecule is O=C1[NH+](Cc2ccc(C(F)(F)F)o2)c2ccccc2C12COc1cc3c(cc12)OCO3. The molecule has 3 aliphatic heterocycles. The normalized spacial score (nSPS) is 23.2. The van der Waals surface area contributed by atoms with Crippen molar-refractivity contribution in [2.24, 2.45) is 0 Å². The summed E-state index contributed by atoms with van der Waals surface area (Å²) in [5, 5.41) is 0. The summed E-state index contributed by atoms with van der Waals surface area (Å²) in [6.45, 7) is 0.136. The molecule has 9 heteroatoms. The van der Waals surface area contributed by atoms with Gasteiger partial charge in [-0.2, -0.15) is 13.2 Å². The lowest BCUT2D eigenvalue weighted by Crippen LogP contribution is -3.08. The predicted octanol–water partition coefficient (Wildman–Crippen LogP) is 2.96. The molecule has 3 aromatic rings. The van der Waals surface area contributed by atoms with Gasteiger partial charge in [0.1, 0.15) is 24.6 Å². The Morgan fingerprint density at radius 1 is 0.935 bits per heavy atom. The summed E-state index contributed by atoms with van der Waals surface area (Å²) in [7, 11) is 0. The summed E-state index contributed by atoms with van der Waals surface area (Å²) in [5.41, 5.74) is 1.03. The minimum atomic E-state index is -4.58. The first-order valence-corrected chi connectivity index (χ1v) is 9.61. The molecule has 0 saturated carbocycles. The fraction of sp³-hybridized carbons (Fsp3) is 0.227. The van der Waals surface area contributed by atoms with E-state index in [9.17, 15) is 18.0 Å². The molecule has 3 aliphatic rings. The van der Waals surface area contributed by atoms with Gasteiger partial charge in [0.2, 0.25) is 12.6 Å². The van der Waals surface area contributed by atoms with Gasteiger partial charge in [0.25, 0.3) is 0 Å². The quantitative estimate of drug-likeness (QED) is 0.678. The number of carbonyl (C=O) groups excluding carboxylic acids is 1. The molecule has 158 valence electrons. The van der Waals surface area contributed by atoms with Crippen LogP contribution in [0.3, 0.4) is 0 Å². The smallest absolute Gasteiger partial charge is 0.449 e. The molecule has 0 radical (unpaired) electrons. The number of hydrogen-bond acceptors (Lipinski definition) is 5. The van der Waals surface area contributed by atoms with Gasteiger partial charge < -0.3 is 18.6 Å². The summed E-state index contributed by atoms with van der Waals surface area (Å²) in [6.07, 6.45) is -4.58. The first kappa shape index (κ1) is 18.3. The van der Waals surface area contributed by atoms with Gasteiger partial charge in [-0.25, -0.2) is 9.69 Å². The van der Waals surface area contributed by atoms with Gasteiger partial charge >= 0.3 is 12.1 Å². The number of para-hydroxylation sites is 1. The predicted molar refractivity (Wildman–Crippen MR) is 98.3 cm³/mol. The van der Waals surface area contributed by atoms with Crippen molar-refractivity contribution < 1.29 is 41.5 Å². The van der Waals surface area contributed by atoms with Crippen LogP contribution in [-0.2, 0) is 22.9 Å². The number of rotatable bonds is 2. The number of amides is 1. The third kappa shape index (κ3) is 2.46. The van der Waals surface area contributed by atoms with E-state index in [4.69, 9.17) is 18.6 Å². The van der Waals surface area contributed by atoms with Crippen LogP contribution < -0.4 is 19.1 Å². The maximum Gasteiger partial charge on any atom is 0.449 e. The lowest BCUT2D eigenvalue weighted by molar-refractivity contribution is -0.762. The zero-order valence-corrected chi connectivity index (χ0v) is 15.9. The summed E-state index contributed by atoms with van der Waals surface area (Å²) in [6, 6.07) is 12.9. The minimum absolute atomic E-state index is 0.0481. The second kappa shape index (κ2) is 6.04. The van der Waals surface area contributed by atoms with Crippen molar-refractivity contribution in [1.29, 1.82) is 0 Å². The number of nitrogens with one attached hydrogen (secondary N) is 1. The number of halogens is 3. The van der Waals surface area contributed by atoms with Gasteiger partial charge in [-0.05, 0) is 24.3 Å². The number of ether oxygens (including phenoxy) is 3. The fourth-order valence-electron chi connectivity index (χ4n) is 4.65. The second-order valence-corrected chi connectivity index (χ2v) is 7.69. The molecule has 0 aliphatic carbocycles. The van der Waals surface area contributed by atoms with Gasteiger partial charge in [-0.1, -0.05) is 18.2 Å². The Balaban J connectivity index is 1.44. The number of furan rings is 1. The van der Waals surface area contributed by atoms with Crippen molar-refractivity contribution in [1.82, 2.24) is 0 Å². The average Bonchev–Trinajstić information content (AvgIpc) is 3.50. The Morgan fingerprint density at radius 2 is 1.71 bits per heavy atom. The Hall–Kier alpha value is -3.46. The summed E-state index contributed by atoms with van der Waals surface area (Å²) >= 11 is 0. The van der Waals surface area contributed by atoms with Gasteiger partial charge in [0.15, 0.2) is 22.7 Å². The van der Waals surface area contributed by atoms with Crippen molar-refractivity contribution >= 4 is 11.6 Å². The number of alkyl halides is 3. The van der Waals surface area contributed by atoms with E-state index in [0.717, 1.165) is 11.6 Å². The van der Waals surface area contributed by atoms with Crippen LogP contribution in [0.2, 0.25) is 0 Å². The summed E-state index contributed by atoms with van der Waals surface area (Å²) in [5.74, 6) is 0.394. The Bertz CT molecular complexity index is 1230. The van der Waals surface area contributed by atoms with Crippen LogP contribution in [0, 0.1) is 0 Å². The van der Waals surface area contributed by atoms with Gasteiger partial charge in [-0.3, -0.25) is 0 Å². The number of hydrogen-bond donors (Lipinski definition) is 1. The monoisotopic (exact) mass is 430 g/mol.